The van der Waals surface area contributed by atoms with Gasteiger partial charge in [0.05, 0.1) is 12.7 Å². The predicted octanol–water partition coefficient (Wildman–Crippen LogP) is 4.51. The minimum Gasteiger partial charge on any atom is -0.497 e. The van der Waals surface area contributed by atoms with Gasteiger partial charge in [-0.05, 0) is 36.4 Å². The van der Waals surface area contributed by atoms with Crippen LogP contribution in [-0.4, -0.2) is 12.1 Å². The maximum absolute atomic E-state index is 12.7. The average Bonchev–Trinajstić information content (AvgIpc) is 2.38. The summed E-state index contributed by atoms with van der Waals surface area (Å²) in [5.41, 5.74) is -0.276. The van der Waals surface area contributed by atoms with Crippen molar-refractivity contribution in [3.05, 3.63) is 47.1 Å². The molecular formula is C13H10ClF3N2O. The summed E-state index contributed by atoms with van der Waals surface area (Å²) >= 11 is 5.60. The van der Waals surface area contributed by atoms with E-state index in [-0.39, 0.29) is 11.0 Å². The van der Waals surface area contributed by atoms with Crippen molar-refractivity contribution < 1.29 is 17.9 Å². The molecule has 0 spiro atoms. The second-order valence-electron chi connectivity index (χ2n) is 3.92. The Morgan fingerprint density at radius 2 is 1.80 bits per heavy atom. The molecule has 1 N–H and O–H groups in total. The van der Waals surface area contributed by atoms with Gasteiger partial charge in [0, 0.05) is 5.69 Å². The molecule has 0 bridgehead atoms. The lowest BCUT2D eigenvalue weighted by Crippen LogP contribution is -2.06. The van der Waals surface area contributed by atoms with Crippen LogP contribution in [0.5, 0.6) is 5.75 Å². The summed E-state index contributed by atoms with van der Waals surface area (Å²) in [7, 11) is 1.52. The van der Waals surface area contributed by atoms with Gasteiger partial charge < -0.3 is 10.1 Å². The van der Waals surface area contributed by atoms with Gasteiger partial charge in [-0.3, -0.25) is 0 Å². The van der Waals surface area contributed by atoms with Crippen molar-refractivity contribution in [3.63, 3.8) is 0 Å². The molecule has 7 heteroatoms. The van der Waals surface area contributed by atoms with Crippen molar-refractivity contribution in [3.8, 4) is 5.75 Å². The zero-order valence-electron chi connectivity index (χ0n) is 10.3. The molecule has 2 aromatic rings. The first kappa shape index (κ1) is 14.5. The Bertz CT molecular complexity index is 600. The molecule has 1 heterocycles. The van der Waals surface area contributed by atoms with E-state index in [1.165, 1.54) is 7.11 Å². The van der Waals surface area contributed by atoms with Gasteiger partial charge in [0.1, 0.15) is 16.7 Å². The fourth-order valence-electron chi connectivity index (χ4n) is 1.55. The number of benzene rings is 1. The summed E-state index contributed by atoms with van der Waals surface area (Å²) in [5, 5.41) is 2.53. The number of hydrogen-bond donors (Lipinski definition) is 1. The number of anilines is 2. The number of nitrogens with one attached hydrogen (secondary N) is 1. The Morgan fingerprint density at radius 1 is 1.15 bits per heavy atom. The van der Waals surface area contributed by atoms with Gasteiger partial charge in [0.15, 0.2) is 0 Å². The highest BCUT2D eigenvalue weighted by Crippen LogP contribution is 2.32. The molecule has 20 heavy (non-hydrogen) atoms. The second kappa shape index (κ2) is 5.58. The van der Waals surface area contributed by atoms with Crippen LogP contribution in [0.25, 0.3) is 0 Å². The third-order valence-electron chi connectivity index (χ3n) is 2.48. The highest BCUT2D eigenvalue weighted by molar-refractivity contribution is 6.29. The van der Waals surface area contributed by atoms with E-state index in [2.05, 4.69) is 10.3 Å². The van der Waals surface area contributed by atoms with E-state index in [0.717, 1.165) is 12.1 Å². The lowest BCUT2D eigenvalue weighted by atomic mass is 10.2. The Morgan fingerprint density at radius 3 is 2.35 bits per heavy atom. The normalized spacial score (nSPS) is 11.2. The van der Waals surface area contributed by atoms with E-state index in [0.29, 0.717) is 11.4 Å². The van der Waals surface area contributed by atoms with E-state index in [4.69, 9.17) is 16.3 Å². The Hall–Kier alpha value is -1.95. The summed E-state index contributed by atoms with van der Waals surface area (Å²) < 4.78 is 43.0. The molecule has 0 unspecified atom stereocenters. The van der Waals surface area contributed by atoms with E-state index in [1.807, 2.05) is 0 Å². The Labute approximate surface area is 118 Å². The van der Waals surface area contributed by atoms with Crippen LogP contribution >= 0.6 is 11.6 Å². The number of ether oxygens (including phenoxy) is 1. The first-order chi connectivity index (χ1) is 9.38. The molecule has 0 amide bonds. The first-order valence-electron chi connectivity index (χ1n) is 5.54. The van der Waals surface area contributed by atoms with Gasteiger partial charge in [0.25, 0.3) is 0 Å². The molecule has 0 saturated heterocycles. The van der Waals surface area contributed by atoms with Gasteiger partial charge in [-0.2, -0.15) is 13.2 Å². The molecule has 106 valence electrons. The van der Waals surface area contributed by atoms with Crippen molar-refractivity contribution in [2.24, 2.45) is 0 Å². The zero-order valence-corrected chi connectivity index (χ0v) is 11.1. The summed E-state index contributed by atoms with van der Waals surface area (Å²) in [4.78, 5) is 3.81. The summed E-state index contributed by atoms with van der Waals surface area (Å²) in [5.74, 6) is 0.667. The van der Waals surface area contributed by atoms with Crippen LogP contribution in [0.1, 0.15) is 5.56 Å². The van der Waals surface area contributed by atoms with E-state index in [1.54, 1.807) is 24.3 Å². The number of nitrogens with zero attached hydrogens (tertiary/aromatic N) is 1. The smallest absolute Gasteiger partial charge is 0.416 e. The van der Waals surface area contributed by atoms with Gasteiger partial charge in [0.2, 0.25) is 0 Å². The number of aromatic nitrogens is 1. The van der Waals surface area contributed by atoms with Gasteiger partial charge in [-0.25, -0.2) is 4.98 Å². The number of alkyl halides is 3. The van der Waals surface area contributed by atoms with Crippen molar-refractivity contribution in [1.82, 2.24) is 4.98 Å². The number of pyridine rings is 1. The topological polar surface area (TPSA) is 34.1 Å². The third-order valence-corrected chi connectivity index (χ3v) is 2.68. The number of halogens is 4. The van der Waals surface area contributed by atoms with Crippen LogP contribution in [0.15, 0.2) is 36.4 Å². The summed E-state index contributed by atoms with van der Waals surface area (Å²) in [6, 6.07) is 8.36. The van der Waals surface area contributed by atoms with Crippen LogP contribution in [0, 0.1) is 0 Å². The molecule has 0 saturated carbocycles. The van der Waals surface area contributed by atoms with Crippen LogP contribution < -0.4 is 10.1 Å². The molecule has 0 aliphatic rings. The van der Waals surface area contributed by atoms with Crippen LogP contribution in [0.4, 0.5) is 24.7 Å². The SMILES string of the molecule is COc1ccc(Nc2cc(C(F)(F)F)cc(Cl)n2)cc1. The van der Waals surface area contributed by atoms with Crippen molar-refractivity contribution in [1.29, 1.82) is 0 Å². The number of hydrogen-bond acceptors (Lipinski definition) is 3. The number of methoxy groups -OCH3 is 1. The highest BCUT2D eigenvalue weighted by atomic mass is 35.5. The first-order valence-corrected chi connectivity index (χ1v) is 5.92. The standard InChI is InChI=1S/C13H10ClF3N2O/c1-20-10-4-2-9(3-5-10)18-12-7-8(13(15,16)17)6-11(14)19-12/h2-7H,1H3,(H,18,19). The fraction of sp³-hybridized carbons (Fsp3) is 0.154. The highest BCUT2D eigenvalue weighted by Gasteiger charge is 2.31. The fourth-order valence-corrected chi connectivity index (χ4v) is 1.76. The molecule has 2 rings (SSSR count). The van der Waals surface area contributed by atoms with Crippen LogP contribution in [0.3, 0.4) is 0 Å². The van der Waals surface area contributed by atoms with Gasteiger partial charge >= 0.3 is 6.18 Å². The quantitative estimate of drug-likeness (QED) is 0.847. The monoisotopic (exact) mass is 302 g/mol. The minimum absolute atomic E-state index is 0.0231. The number of rotatable bonds is 3. The van der Waals surface area contributed by atoms with E-state index < -0.39 is 11.7 Å². The largest absolute Gasteiger partial charge is 0.497 e. The molecule has 0 aliphatic carbocycles. The zero-order chi connectivity index (χ0) is 14.8. The molecular weight excluding hydrogens is 293 g/mol. The van der Waals surface area contributed by atoms with Gasteiger partial charge in [-0.1, -0.05) is 11.6 Å². The molecule has 3 nitrogen and oxygen atoms in total. The van der Waals surface area contributed by atoms with Crippen molar-refractivity contribution in [2.75, 3.05) is 12.4 Å². The molecule has 0 aliphatic heterocycles. The minimum atomic E-state index is -4.47. The third kappa shape index (κ3) is 3.54. The molecule has 1 aromatic heterocycles. The van der Waals surface area contributed by atoms with Crippen molar-refractivity contribution >= 4 is 23.1 Å². The average molecular weight is 303 g/mol. The predicted molar refractivity (Wildman–Crippen MR) is 70.5 cm³/mol. The Kier molecular flexibility index (Phi) is 4.04. The van der Waals surface area contributed by atoms with Crippen LogP contribution in [0.2, 0.25) is 5.15 Å². The summed E-state index contributed by atoms with van der Waals surface area (Å²) in [6.07, 6.45) is -4.47. The van der Waals surface area contributed by atoms with Gasteiger partial charge in [-0.15, -0.1) is 0 Å². The van der Waals surface area contributed by atoms with E-state index >= 15 is 0 Å². The molecule has 0 atom stereocenters. The molecule has 0 fully saturated rings. The lowest BCUT2D eigenvalue weighted by molar-refractivity contribution is -0.137. The lowest BCUT2D eigenvalue weighted by Gasteiger charge is -2.11. The summed E-state index contributed by atoms with van der Waals surface area (Å²) in [6.45, 7) is 0. The maximum atomic E-state index is 12.7. The molecule has 1 aromatic carbocycles. The second-order valence-corrected chi connectivity index (χ2v) is 4.30. The van der Waals surface area contributed by atoms with E-state index in [9.17, 15) is 13.2 Å². The van der Waals surface area contributed by atoms with Crippen molar-refractivity contribution in [2.45, 2.75) is 6.18 Å². The Balaban J connectivity index is 2.26. The maximum Gasteiger partial charge on any atom is 0.416 e. The molecule has 0 radical (unpaired) electrons. The van der Waals surface area contributed by atoms with Crippen LogP contribution in [-0.2, 0) is 6.18 Å².